The summed E-state index contributed by atoms with van der Waals surface area (Å²) in [6.07, 6.45) is 6.36. The van der Waals surface area contributed by atoms with Crippen molar-refractivity contribution < 1.29 is 4.79 Å². The van der Waals surface area contributed by atoms with E-state index >= 15 is 0 Å². The van der Waals surface area contributed by atoms with Crippen LogP contribution in [-0.2, 0) is 11.3 Å². The number of rotatable bonds is 7. The van der Waals surface area contributed by atoms with Crippen LogP contribution in [0.4, 0.5) is 5.69 Å². The molecule has 1 aliphatic carbocycles. The van der Waals surface area contributed by atoms with Crippen molar-refractivity contribution in [1.82, 2.24) is 5.32 Å². The molecule has 2 rings (SSSR count). The summed E-state index contributed by atoms with van der Waals surface area (Å²) in [5, 5.41) is 6.40. The second kappa shape index (κ2) is 8.30. The molecule has 0 atom stereocenters. The molecule has 4 nitrogen and oxygen atoms in total. The molecule has 122 valence electrons. The molecule has 0 heterocycles. The number of anilines is 1. The van der Waals surface area contributed by atoms with Crippen molar-refractivity contribution >= 4 is 11.6 Å². The van der Waals surface area contributed by atoms with Gasteiger partial charge in [0.2, 0.25) is 5.91 Å². The molecule has 0 bridgehead atoms. The first-order valence-electron chi connectivity index (χ1n) is 8.48. The largest absolute Gasteiger partial charge is 0.330 e. The number of benzene rings is 1. The van der Waals surface area contributed by atoms with Gasteiger partial charge in [-0.15, -0.1) is 0 Å². The minimum atomic E-state index is 0.0128. The number of amides is 1. The summed E-state index contributed by atoms with van der Waals surface area (Å²) >= 11 is 0. The average molecular weight is 303 g/mol. The molecule has 0 saturated heterocycles. The Hall–Kier alpha value is -1.39. The first-order chi connectivity index (χ1) is 10.7. The van der Waals surface area contributed by atoms with E-state index in [-0.39, 0.29) is 11.3 Å². The molecular formula is C18H29N3O. The van der Waals surface area contributed by atoms with Gasteiger partial charge in [-0.1, -0.05) is 44.4 Å². The lowest BCUT2D eigenvalue weighted by Crippen LogP contribution is -2.36. The summed E-state index contributed by atoms with van der Waals surface area (Å²) in [6.45, 7) is 4.38. The number of nitrogens with two attached hydrogens (primary N) is 1. The van der Waals surface area contributed by atoms with E-state index in [4.69, 9.17) is 5.73 Å². The number of hydrogen-bond donors (Lipinski definition) is 3. The maximum Gasteiger partial charge on any atom is 0.224 e. The van der Waals surface area contributed by atoms with Crippen molar-refractivity contribution in [2.24, 2.45) is 11.1 Å². The fraction of sp³-hybridized carbons (Fsp3) is 0.611. The normalized spacial score (nSPS) is 17.2. The van der Waals surface area contributed by atoms with Crippen LogP contribution in [0.5, 0.6) is 0 Å². The number of carbonyl (C=O) groups is 1. The molecule has 1 saturated carbocycles. The lowest BCUT2D eigenvalue weighted by Gasteiger charge is -2.35. The molecule has 0 unspecified atom stereocenters. The van der Waals surface area contributed by atoms with Gasteiger partial charge in [-0.3, -0.25) is 4.79 Å². The molecule has 1 aliphatic rings. The van der Waals surface area contributed by atoms with Crippen LogP contribution in [0.2, 0.25) is 0 Å². The van der Waals surface area contributed by atoms with Gasteiger partial charge in [0.25, 0.3) is 0 Å². The quantitative estimate of drug-likeness (QED) is 0.725. The molecule has 0 aromatic heterocycles. The highest BCUT2D eigenvalue weighted by Crippen LogP contribution is 2.38. The fourth-order valence-corrected chi connectivity index (χ4v) is 3.35. The van der Waals surface area contributed by atoms with Crippen molar-refractivity contribution in [3.8, 4) is 0 Å². The van der Waals surface area contributed by atoms with Crippen LogP contribution < -0.4 is 16.4 Å². The Labute approximate surface area is 133 Å². The van der Waals surface area contributed by atoms with Gasteiger partial charge in [-0.25, -0.2) is 0 Å². The first kappa shape index (κ1) is 17.0. The topological polar surface area (TPSA) is 67.1 Å². The highest BCUT2D eigenvalue weighted by atomic mass is 16.1. The molecule has 1 amide bonds. The van der Waals surface area contributed by atoms with Crippen molar-refractivity contribution in [2.45, 2.75) is 52.0 Å². The average Bonchev–Trinajstić information content (AvgIpc) is 2.55. The SMILES string of the molecule is CCNCc1ccccc1NC(=O)CC1(CN)CCCCC1. The highest BCUT2D eigenvalue weighted by molar-refractivity contribution is 5.92. The Morgan fingerprint density at radius 3 is 2.64 bits per heavy atom. The van der Waals surface area contributed by atoms with Gasteiger partial charge in [0.15, 0.2) is 0 Å². The van der Waals surface area contributed by atoms with Gasteiger partial charge in [-0.2, -0.15) is 0 Å². The summed E-state index contributed by atoms with van der Waals surface area (Å²) in [4.78, 5) is 12.5. The maximum atomic E-state index is 12.5. The van der Waals surface area contributed by atoms with Gasteiger partial charge in [0, 0.05) is 18.7 Å². The number of para-hydroxylation sites is 1. The fourth-order valence-electron chi connectivity index (χ4n) is 3.35. The highest BCUT2D eigenvalue weighted by Gasteiger charge is 2.33. The van der Waals surface area contributed by atoms with Crippen LogP contribution >= 0.6 is 0 Å². The molecule has 0 radical (unpaired) electrons. The monoisotopic (exact) mass is 303 g/mol. The smallest absolute Gasteiger partial charge is 0.224 e. The van der Waals surface area contributed by atoms with Crippen LogP contribution in [-0.4, -0.2) is 19.0 Å². The second-order valence-electron chi connectivity index (χ2n) is 6.43. The molecule has 1 aromatic carbocycles. The van der Waals surface area contributed by atoms with Crippen molar-refractivity contribution in [1.29, 1.82) is 0 Å². The van der Waals surface area contributed by atoms with E-state index in [0.29, 0.717) is 13.0 Å². The van der Waals surface area contributed by atoms with Gasteiger partial charge in [0.1, 0.15) is 0 Å². The van der Waals surface area contributed by atoms with Crippen LogP contribution in [0, 0.1) is 5.41 Å². The van der Waals surface area contributed by atoms with Gasteiger partial charge < -0.3 is 16.4 Å². The molecule has 4 N–H and O–H groups in total. The second-order valence-corrected chi connectivity index (χ2v) is 6.43. The lowest BCUT2D eigenvalue weighted by atomic mass is 9.71. The Kier molecular flexibility index (Phi) is 6.40. The van der Waals surface area contributed by atoms with E-state index in [1.807, 2.05) is 18.2 Å². The number of hydrogen-bond acceptors (Lipinski definition) is 3. The molecule has 22 heavy (non-hydrogen) atoms. The van der Waals surface area contributed by atoms with Crippen molar-refractivity contribution in [3.63, 3.8) is 0 Å². The van der Waals surface area contributed by atoms with Gasteiger partial charge >= 0.3 is 0 Å². The molecular weight excluding hydrogens is 274 g/mol. The Morgan fingerprint density at radius 2 is 1.95 bits per heavy atom. The zero-order valence-electron chi connectivity index (χ0n) is 13.7. The molecule has 0 spiro atoms. The summed E-state index contributed by atoms with van der Waals surface area (Å²) < 4.78 is 0. The van der Waals surface area contributed by atoms with E-state index in [2.05, 4.69) is 23.6 Å². The van der Waals surface area contributed by atoms with Crippen LogP contribution in [0.25, 0.3) is 0 Å². The van der Waals surface area contributed by atoms with E-state index in [1.54, 1.807) is 0 Å². The summed E-state index contributed by atoms with van der Waals surface area (Å²) in [5.41, 5.74) is 8.04. The van der Waals surface area contributed by atoms with E-state index in [1.165, 1.54) is 19.3 Å². The number of carbonyl (C=O) groups excluding carboxylic acids is 1. The Morgan fingerprint density at radius 1 is 1.23 bits per heavy atom. The van der Waals surface area contributed by atoms with E-state index in [9.17, 15) is 4.79 Å². The third-order valence-corrected chi connectivity index (χ3v) is 4.74. The third-order valence-electron chi connectivity index (χ3n) is 4.74. The van der Waals surface area contributed by atoms with Crippen molar-refractivity contribution in [2.75, 3.05) is 18.4 Å². The van der Waals surface area contributed by atoms with Crippen LogP contribution in [0.1, 0.15) is 51.0 Å². The van der Waals surface area contributed by atoms with E-state index in [0.717, 1.165) is 37.2 Å². The standard InChI is InChI=1S/C18H29N3O/c1-2-20-13-15-8-4-5-9-16(15)21-17(22)12-18(14-19)10-6-3-7-11-18/h4-5,8-9,20H,2-3,6-7,10-14,19H2,1H3,(H,21,22). The Bertz CT molecular complexity index is 481. The van der Waals surface area contributed by atoms with Gasteiger partial charge in [-0.05, 0) is 43.0 Å². The zero-order valence-corrected chi connectivity index (χ0v) is 13.7. The summed E-state index contributed by atoms with van der Waals surface area (Å²) in [7, 11) is 0. The number of nitrogens with one attached hydrogen (secondary N) is 2. The molecule has 1 fully saturated rings. The summed E-state index contributed by atoms with van der Waals surface area (Å²) in [5.74, 6) is 0.0938. The minimum absolute atomic E-state index is 0.0128. The Balaban J connectivity index is 1.99. The predicted octanol–water partition coefficient (Wildman–Crippen LogP) is 3.03. The maximum absolute atomic E-state index is 12.5. The molecule has 1 aromatic rings. The zero-order chi connectivity index (χ0) is 15.8. The third kappa shape index (κ3) is 4.55. The van der Waals surface area contributed by atoms with Crippen LogP contribution in [0.15, 0.2) is 24.3 Å². The molecule has 4 heteroatoms. The van der Waals surface area contributed by atoms with Gasteiger partial charge in [0.05, 0.1) is 0 Å². The van der Waals surface area contributed by atoms with Crippen LogP contribution in [0.3, 0.4) is 0 Å². The molecule has 0 aliphatic heterocycles. The first-order valence-corrected chi connectivity index (χ1v) is 8.48. The van der Waals surface area contributed by atoms with Crippen molar-refractivity contribution in [3.05, 3.63) is 29.8 Å². The minimum Gasteiger partial charge on any atom is -0.330 e. The summed E-state index contributed by atoms with van der Waals surface area (Å²) in [6, 6.07) is 7.99. The van der Waals surface area contributed by atoms with E-state index < -0.39 is 0 Å². The lowest BCUT2D eigenvalue weighted by molar-refractivity contribution is -0.118. The predicted molar refractivity (Wildman–Crippen MR) is 91.6 cm³/mol.